The molecule has 17 heavy (non-hydrogen) atoms. The molecule has 0 saturated carbocycles. The summed E-state index contributed by atoms with van der Waals surface area (Å²) >= 11 is 6.15. The van der Waals surface area contributed by atoms with Crippen LogP contribution >= 0.6 is 11.6 Å². The van der Waals surface area contributed by atoms with E-state index in [0.29, 0.717) is 0 Å². The third kappa shape index (κ3) is 2.68. The van der Waals surface area contributed by atoms with Crippen LogP contribution in [0.25, 0.3) is 0 Å². The average Bonchev–Trinajstić information content (AvgIpc) is 2.39. The molecule has 2 aromatic rings. The van der Waals surface area contributed by atoms with Crippen molar-refractivity contribution < 1.29 is 0 Å². The lowest BCUT2D eigenvalue weighted by Gasteiger charge is -2.14. The molecule has 0 aliphatic carbocycles. The normalized spacial score (nSPS) is 12.4. The number of rotatable bonds is 3. The first-order chi connectivity index (χ1) is 8.22. The van der Waals surface area contributed by atoms with Gasteiger partial charge in [-0.05, 0) is 29.2 Å². The molecular weight excluding hydrogens is 230 g/mol. The third-order valence-electron chi connectivity index (χ3n) is 2.99. The lowest BCUT2D eigenvalue weighted by molar-refractivity contribution is 0.870. The molecule has 2 heteroatoms. The smallest absolute Gasteiger partial charge is 0.0566 e. The van der Waals surface area contributed by atoms with Gasteiger partial charge in [-0.25, -0.2) is 0 Å². The van der Waals surface area contributed by atoms with E-state index in [9.17, 15) is 0 Å². The fraction of sp³-hybridized carbons (Fsp3) is 0.200. The molecule has 2 aromatic carbocycles. The van der Waals surface area contributed by atoms with E-state index < -0.39 is 0 Å². The first kappa shape index (κ1) is 12.2. The Hall–Kier alpha value is -1.31. The largest absolute Gasteiger partial charge is 0.320 e. The summed E-state index contributed by atoms with van der Waals surface area (Å²) < 4.78 is 0. The molecule has 0 amide bonds. The summed E-state index contributed by atoms with van der Waals surface area (Å²) in [7, 11) is 0. The van der Waals surface area contributed by atoms with Crippen molar-refractivity contribution in [3.8, 4) is 0 Å². The summed E-state index contributed by atoms with van der Waals surface area (Å²) in [5.41, 5.74) is 9.61. The predicted molar refractivity (Wildman–Crippen MR) is 73.3 cm³/mol. The van der Waals surface area contributed by atoms with E-state index in [1.807, 2.05) is 24.3 Å². The number of halogens is 1. The Balaban J connectivity index is 2.30. The molecule has 0 spiro atoms. The van der Waals surface area contributed by atoms with Gasteiger partial charge in [0.05, 0.1) is 6.04 Å². The molecule has 0 saturated heterocycles. The molecule has 0 aromatic heterocycles. The zero-order valence-electron chi connectivity index (χ0n) is 9.86. The summed E-state index contributed by atoms with van der Waals surface area (Å²) in [6.45, 7) is 2.14. The van der Waals surface area contributed by atoms with Crippen LogP contribution in [0, 0.1) is 0 Å². The Morgan fingerprint density at radius 2 is 1.71 bits per heavy atom. The highest BCUT2D eigenvalue weighted by molar-refractivity contribution is 6.31. The standard InChI is InChI=1S/C15H16ClN/c1-2-11-7-9-12(10-8-11)15(17)13-5-3-4-6-14(13)16/h3-10,15H,2,17H2,1H3. The fourth-order valence-electron chi connectivity index (χ4n) is 1.87. The number of hydrogen-bond donors (Lipinski definition) is 1. The van der Waals surface area contributed by atoms with Gasteiger partial charge in [0.15, 0.2) is 0 Å². The molecule has 1 nitrogen and oxygen atoms in total. The molecule has 0 bridgehead atoms. The summed E-state index contributed by atoms with van der Waals surface area (Å²) in [5, 5.41) is 0.722. The van der Waals surface area contributed by atoms with Gasteiger partial charge in [0.1, 0.15) is 0 Å². The van der Waals surface area contributed by atoms with Gasteiger partial charge in [-0.1, -0.05) is 61.0 Å². The molecular formula is C15H16ClN. The lowest BCUT2D eigenvalue weighted by atomic mass is 9.98. The zero-order chi connectivity index (χ0) is 12.3. The second-order valence-corrected chi connectivity index (χ2v) is 4.50. The van der Waals surface area contributed by atoms with Gasteiger partial charge in [-0.3, -0.25) is 0 Å². The van der Waals surface area contributed by atoms with Crippen LogP contribution in [0.5, 0.6) is 0 Å². The number of benzene rings is 2. The molecule has 0 heterocycles. The highest BCUT2D eigenvalue weighted by atomic mass is 35.5. The quantitative estimate of drug-likeness (QED) is 0.871. The first-order valence-electron chi connectivity index (χ1n) is 5.81. The molecule has 0 fully saturated rings. The Morgan fingerprint density at radius 3 is 2.29 bits per heavy atom. The number of aryl methyl sites for hydroxylation is 1. The zero-order valence-corrected chi connectivity index (χ0v) is 10.6. The highest BCUT2D eigenvalue weighted by Crippen LogP contribution is 2.26. The van der Waals surface area contributed by atoms with Crippen molar-refractivity contribution in [3.63, 3.8) is 0 Å². The van der Waals surface area contributed by atoms with Crippen LogP contribution in [-0.2, 0) is 6.42 Å². The summed E-state index contributed by atoms with van der Waals surface area (Å²) in [5.74, 6) is 0. The van der Waals surface area contributed by atoms with E-state index in [-0.39, 0.29) is 6.04 Å². The number of nitrogens with two attached hydrogens (primary N) is 1. The van der Waals surface area contributed by atoms with Crippen LogP contribution in [0.2, 0.25) is 5.02 Å². The molecule has 2 N–H and O–H groups in total. The van der Waals surface area contributed by atoms with Crippen LogP contribution in [-0.4, -0.2) is 0 Å². The van der Waals surface area contributed by atoms with Gasteiger partial charge in [0.2, 0.25) is 0 Å². The maximum atomic E-state index is 6.22. The van der Waals surface area contributed by atoms with Crippen molar-refractivity contribution in [3.05, 3.63) is 70.2 Å². The Bertz CT molecular complexity index is 491. The summed E-state index contributed by atoms with van der Waals surface area (Å²) in [6.07, 6.45) is 1.04. The molecule has 0 aliphatic rings. The minimum atomic E-state index is -0.158. The summed E-state index contributed by atoms with van der Waals surface area (Å²) in [4.78, 5) is 0. The second kappa shape index (κ2) is 5.35. The monoisotopic (exact) mass is 245 g/mol. The maximum absolute atomic E-state index is 6.22. The van der Waals surface area contributed by atoms with E-state index >= 15 is 0 Å². The Morgan fingerprint density at radius 1 is 1.06 bits per heavy atom. The topological polar surface area (TPSA) is 26.0 Å². The van der Waals surface area contributed by atoms with Crippen molar-refractivity contribution in [2.75, 3.05) is 0 Å². The second-order valence-electron chi connectivity index (χ2n) is 4.09. The SMILES string of the molecule is CCc1ccc(C(N)c2ccccc2Cl)cc1. The van der Waals surface area contributed by atoms with E-state index in [1.54, 1.807) is 0 Å². The van der Waals surface area contributed by atoms with Gasteiger partial charge in [0, 0.05) is 5.02 Å². The molecule has 0 radical (unpaired) electrons. The maximum Gasteiger partial charge on any atom is 0.0566 e. The van der Waals surface area contributed by atoms with E-state index in [4.69, 9.17) is 17.3 Å². The molecule has 88 valence electrons. The third-order valence-corrected chi connectivity index (χ3v) is 3.33. The average molecular weight is 246 g/mol. The van der Waals surface area contributed by atoms with Crippen molar-refractivity contribution in [1.82, 2.24) is 0 Å². The van der Waals surface area contributed by atoms with Gasteiger partial charge in [-0.15, -0.1) is 0 Å². The van der Waals surface area contributed by atoms with Crippen molar-refractivity contribution in [1.29, 1.82) is 0 Å². The number of hydrogen-bond acceptors (Lipinski definition) is 1. The molecule has 1 unspecified atom stereocenters. The van der Waals surface area contributed by atoms with Crippen LogP contribution in [0.1, 0.15) is 29.7 Å². The molecule has 1 atom stereocenters. The van der Waals surface area contributed by atoms with E-state index in [0.717, 1.165) is 22.6 Å². The Labute approximate surface area is 107 Å². The molecule has 0 aliphatic heterocycles. The molecule has 2 rings (SSSR count). The van der Waals surface area contributed by atoms with Crippen molar-refractivity contribution in [2.24, 2.45) is 5.73 Å². The van der Waals surface area contributed by atoms with Gasteiger partial charge >= 0.3 is 0 Å². The highest BCUT2D eigenvalue weighted by Gasteiger charge is 2.11. The minimum Gasteiger partial charge on any atom is -0.320 e. The van der Waals surface area contributed by atoms with E-state index in [1.165, 1.54) is 5.56 Å². The fourth-order valence-corrected chi connectivity index (χ4v) is 2.12. The van der Waals surface area contributed by atoms with Gasteiger partial charge in [-0.2, -0.15) is 0 Å². The van der Waals surface area contributed by atoms with Gasteiger partial charge in [0.25, 0.3) is 0 Å². The predicted octanol–water partition coefficient (Wildman–Crippen LogP) is 3.95. The Kier molecular flexibility index (Phi) is 3.82. The lowest BCUT2D eigenvalue weighted by Crippen LogP contribution is -2.12. The minimum absolute atomic E-state index is 0.158. The summed E-state index contributed by atoms with van der Waals surface area (Å²) in [6, 6.07) is 15.9. The van der Waals surface area contributed by atoms with Crippen molar-refractivity contribution >= 4 is 11.6 Å². The first-order valence-corrected chi connectivity index (χ1v) is 6.19. The van der Waals surface area contributed by atoms with Crippen LogP contribution in [0.3, 0.4) is 0 Å². The van der Waals surface area contributed by atoms with E-state index in [2.05, 4.69) is 31.2 Å². The van der Waals surface area contributed by atoms with Gasteiger partial charge < -0.3 is 5.73 Å². The van der Waals surface area contributed by atoms with Crippen molar-refractivity contribution in [2.45, 2.75) is 19.4 Å². The van der Waals surface area contributed by atoms with Crippen LogP contribution < -0.4 is 5.73 Å². The van der Waals surface area contributed by atoms with Crippen LogP contribution in [0.4, 0.5) is 0 Å². The van der Waals surface area contributed by atoms with Crippen LogP contribution in [0.15, 0.2) is 48.5 Å².